The van der Waals surface area contributed by atoms with Gasteiger partial charge in [0.2, 0.25) is 0 Å². The summed E-state index contributed by atoms with van der Waals surface area (Å²) in [5.74, 6) is 0.818. The molecule has 1 aliphatic heterocycles. The Kier molecular flexibility index (Phi) is 8.58. The number of likely N-dealkylation sites (tertiary alicyclic amines) is 1. The topological polar surface area (TPSA) is 58.5 Å². The molecular weight excluding hydrogens is 454 g/mol. The largest absolute Gasteiger partial charge is 0.497 e. The minimum Gasteiger partial charge on any atom is -0.497 e. The number of rotatable bonds is 11. The van der Waals surface area contributed by atoms with Crippen LogP contribution in [-0.4, -0.2) is 53.3 Å². The Morgan fingerprint density at radius 1 is 1.15 bits per heavy atom. The second-order valence-electron chi connectivity index (χ2n) is 9.20. The standard InChI is InChI=1S/C26H34ClN3O2S/c1-32-20-7-8-24-22(17-20)21(23(27)18-29-24)5-4-9-26(19-31)10-14-30(15-11-26)13-3-2-6-25-28-12-16-33-25/h7-8,12,16-18,31H,2-6,9-11,13-15,19H2,1H3. The summed E-state index contributed by atoms with van der Waals surface area (Å²) in [6.45, 7) is 3.57. The summed E-state index contributed by atoms with van der Waals surface area (Å²) in [6.07, 6.45) is 12.2. The van der Waals surface area contributed by atoms with Gasteiger partial charge in [0.25, 0.3) is 0 Å². The first-order chi connectivity index (χ1) is 16.1. The number of pyridine rings is 1. The first-order valence-corrected chi connectivity index (χ1v) is 13.2. The number of aryl methyl sites for hydroxylation is 2. The van der Waals surface area contributed by atoms with E-state index in [9.17, 15) is 5.11 Å². The highest BCUT2D eigenvalue weighted by Gasteiger charge is 2.33. The van der Waals surface area contributed by atoms with Crippen molar-refractivity contribution < 1.29 is 9.84 Å². The number of aliphatic hydroxyl groups is 1. The lowest BCUT2D eigenvalue weighted by Gasteiger charge is -2.41. The molecule has 0 atom stereocenters. The molecule has 4 rings (SSSR count). The number of benzene rings is 1. The van der Waals surface area contributed by atoms with E-state index in [2.05, 4.69) is 20.2 Å². The Morgan fingerprint density at radius 3 is 2.73 bits per heavy atom. The number of aromatic nitrogens is 2. The minimum absolute atomic E-state index is 0.0321. The molecule has 0 spiro atoms. The van der Waals surface area contributed by atoms with Gasteiger partial charge in [-0.15, -0.1) is 11.3 Å². The van der Waals surface area contributed by atoms with Crippen LogP contribution in [0.1, 0.15) is 49.1 Å². The van der Waals surface area contributed by atoms with E-state index in [0.717, 1.165) is 80.4 Å². The summed E-state index contributed by atoms with van der Waals surface area (Å²) in [5, 5.41) is 15.3. The van der Waals surface area contributed by atoms with E-state index in [1.807, 2.05) is 24.4 Å². The lowest BCUT2D eigenvalue weighted by atomic mass is 9.75. The Labute approximate surface area is 205 Å². The molecule has 1 aromatic carbocycles. The van der Waals surface area contributed by atoms with Crippen molar-refractivity contribution in [2.24, 2.45) is 5.41 Å². The summed E-state index contributed by atoms with van der Waals surface area (Å²) >= 11 is 8.29. The highest BCUT2D eigenvalue weighted by Crippen LogP contribution is 2.37. The molecule has 0 radical (unpaired) electrons. The fourth-order valence-corrected chi connectivity index (χ4v) is 5.86. The number of thiazole rings is 1. The van der Waals surface area contributed by atoms with Gasteiger partial charge in [-0.2, -0.15) is 0 Å². The van der Waals surface area contributed by atoms with E-state index in [0.29, 0.717) is 5.02 Å². The van der Waals surface area contributed by atoms with Crippen molar-refractivity contribution >= 4 is 33.8 Å². The van der Waals surface area contributed by atoms with E-state index in [1.54, 1.807) is 24.6 Å². The molecule has 1 aliphatic rings. The molecule has 3 aromatic rings. The lowest BCUT2D eigenvalue weighted by molar-refractivity contribution is 0.0352. The fraction of sp³-hybridized carbons (Fsp3) is 0.538. The van der Waals surface area contributed by atoms with Crippen molar-refractivity contribution in [3.05, 3.63) is 51.6 Å². The summed E-state index contributed by atoms with van der Waals surface area (Å²) in [5.41, 5.74) is 2.10. The number of ether oxygens (including phenoxy) is 1. The molecule has 2 aromatic heterocycles. The van der Waals surface area contributed by atoms with Crippen LogP contribution in [0.3, 0.4) is 0 Å². The SMILES string of the molecule is COc1ccc2ncc(Cl)c(CCCC3(CO)CCN(CCCCc4nccs4)CC3)c2c1. The summed E-state index contributed by atoms with van der Waals surface area (Å²) in [6, 6.07) is 5.94. The van der Waals surface area contributed by atoms with E-state index >= 15 is 0 Å². The molecule has 0 amide bonds. The van der Waals surface area contributed by atoms with E-state index < -0.39 is 0 Å². The molecule has 5 nitrogen and oxygen atoms in total. The summed E-state index contributed by atoms with van der Waals surface area (Å²) in [4.78, 5) is 11.4. The zero-order valence-electron chi connectivity index (χ0n) is 19.4. The van der Waals surface area contributed by atoms with E-state index in [1.165, 1.54) is 17.8 Å². The molecule has 3 heterocycles. The Balaban J connectivity index is 1.27. The molecule has 0 saturated carbocycles. The van der Waals surface area contributed by atoms with E-state index in [-0.39, 0.29) is 12.0 Å². The second kappa shape index (κ2) is 11.6. The highest BCUT2D eigenvalue weighted by atomic mass is 35.5. The third kappa shape index (κ3) is 6.24. The van der Waals surface area contributed by atoms with Crippen LogP contribution in [0.25, 0.3) is 10.9 Å². The summed E-state index contributed by atoms with van der Waals surface area (Å²) < 4.78 is 5.40. The van der Waals surface area contributed by atoms with Gasteiger partial charge in [0, 0.05) is 29.8 Å². The molecule has 7 heteroatoms. The van der Waals surface area contributed by atoms with Crippen LogP contribution in [0.15, 0.2) is 36.0 Å². The zero-order valence-corrected chi connectivity index (χ0v) is 21.0. The maximum absolute atomic E-state index is 10.3. The van der Waals surface area contributed by atoms with Crippen molar-refractivity contribution in [1.29, 1.82) is 0 Å². The van der Waals surface area contributed by atoms with Crippen LogP contribution < -0.4 is 4.74 Å². The van der Waals surface area contributed by atoms with Crippen LogP contribution in [0.5, 0.6) is 5.75 Å². The van der Waals surface area contributed by atoms with Gasteiger partial charge < -0.3 is 14.7 Å². The third-order valence-electron chi connectivity index (χ3n) is 7.12. The molecule has 0 unspecified atom stereocenters. The number of aliphatic hydroxyl groups excluding tert-OH is 1. The first-order valence-electron chi connectivity index (χ1n) is 12.0. The number of halogens is 1. The van der Waals surface area contributed by atoms with Crippen molar-refractivity contribution in [2.45, 2.75) is 51.4 Å². The Morgan fingerprint density at radius 2 is 2.00 bits per heavy atom. The molecular formula is C26H34ClN3O2S. The highest BCUT2D eigenvalue weighted by molar-refractivity contribution is 7.09. The molecule has 33 heavy (non-hydrogen) atoms. The minimum atomic E-state index is 0.0321. The maximum atomic E-state index is 10.3. The van der Waals surface area contributed by atoms with Crippen molar-refractivity contribution in [3.8, 4) is 5.75 Å². The molecule has 1 N–H and O–H groups in total. The number of unbranched alkanes of at least 4 members (excludes halogenated alkanes) is 1. The normalized spacial score (nSPS) is 16.3. The Hall–Kier alpha value is -1.73. The number of hydrogen-bond acceptors (Lipinski definition) is 6. The second-order valence-corrected chi connectivity index (χ2v) is 10.6. The van der Waals surface area contributed by atoms with Crippen LogP contribution in [0.2, 0.25) is 5.02 Å². The Bertz CT molecular complexity index is 1020. The van der Waals surface area contributed by atoms with Gasteiger partial charge >= 0.3 is 0 Å². The van der Waals surface area contributed by atoms with Gasteiger partial charge in [-0.1, -0.05) is 11.6 Å². The van der Waals surface area contributed by atoms with Crippen molar-refractivity contribution in [1.82, 2.24) is 14.9 Å². The van der Waals surface area contributed by atoms with Gasteiger partial charge in [0.1, 0.15) is 5.75 Å². The summed E-state index contributed by atoms with van der Waals surface area (Å²) in [7, 11) is 1.68. The fourth-order valence-electron chi connectivity index (χ4n) is 4.95. The van der Waals surface area contributed by atoms with Crippen LogP contribution in [0.4, 0.5) is 0 Å². The zero-order chi connectivity index (χ0) is 23.1. The third-order valence-corrected chi connectivity index (χ3v) is 8.28. The smallest absolute Gasteiger partial charge is 0.119 e. The quantitative estimate of drug-likeness (QED) is 0.348. The van der Waals surface area contributed by atoms with Crippen LogP contribution in [-0.2, 0) is 12.8 Å². The predicted molar refractivity (Wildman–Crippen MR) is 136 cm³/mol. The molecule has 1 saturated heterocycles. The number of hydrogen-bond donors (Lipinski definition) is 1. The molecule has 178 valence electrons. The van der Waals surface area contributed by atoms with Gasteiger partial charge in [-0.05, 0) is 100 Å². The maximum Gasteiger partial charge on any atom is 0.119 e. The monoisotopic (exact) mass is 487 g/mol. The van der Waals surface area contributed by atoms with Gasteiger partial charge in [-0.25, -0.2) is 4.98 Å². The predicted octanol–water partition coefficient (Wildman–Crippen LogP) is 5.77. The van der Waals surface area contributed by atoms with Gasteiger partial charge in [-0.3, -0.25) is 4.98 Å². The van der Waals surface area contributed by atoms with Crippen molar-refractivity contribution in [3.63, 3.8) is 0 Å². The number of methoxy groups -OCH3 is 1. The van der Waals surface area contributed by atoms with Gasteiger partial charge in [0.05, 0.1) is 22.7 Å². The lowest BCUT2D eigenvalue weighted by Crippen LogP contribution is -2.42. The molecule has 0 bridgehead atoms. The van der Waals surface area contributed by atoms with Crippen molar-refractivity contribution in [2.75, 3.05) is 33.4 Å². The van der Waals surface area contributed by atoms with Crippen LogP contribution >= 0.6 is 22.9 Å². The number of fused-ring (bicyclic) bond motifs is 1. The first kappa shape index (κ1) is 24.4. The number of nitrogens with zero attached hydrogens (tertiary/aromatic N) is 3. The number of piperidine rings is 1. The van der Waals surface area contributed by atoms with E-state index in [4.69, 9.17) is 16.3 Å². The van der Waals surface area contributed by atoms with Crippen LogP contribution in [0, 0.1) is 5.41 Å². The average molecular weight is 488 g/mol. The van der Waals surface area contributed by atoms with Gasteiger partial charge in [0.15, 0.2) is 0 Å². The average Bonchev–Trinajstić information content (AvgIpc) is 3.37. The molecule has 0 aliphatic carbocycles. The molecule has 1 fully saturated rings.